The molecule has 0 bridgehead atoms. The lowest BCUT2D eigenvalue weighted by Gasteiger charge is -2.18. The Morgan fingerprint density at radius 2 is 1.41 bits per heavy atom. The van der Waals surface area contributed by atoms with Crippen LogP contribution in [-0.4, -0.2) is 82.7 Å². The number of carbonyl (C=O) groups is 2. The zero-order valence-corrected chi connectivity index (χ0v) is 17.1. The van der Waals surface area contributed by atoms with Crippen molar-refractivity contribution in [1.29, 1.82) is 0 Å². The largest absolute Gasteiger partial charge is 0.481 e. The summed E-state index contributed by atoms with van der Waals surface area (Å²) in [6, 6.07) is 0. The van der Waals surface area contributed by atoms with E-state index in [4.69, 9.17) is 28.8 Å². The minimum atomic E-state index is -0.875. The van der Waals surface area contributed by atoms with Crippen LogP contribution in [0, 0.1) is 0 Å². The van der Waals surface area contributed by atoms with Crippen molar-refractivity contribution >= 4 is 12.1 Å². The molecule has 0 aromatic rings. The molecule has 0 saturated heterocycles. The molecule has 0 saturated carbocycles. The van der Waals surface area contributed by atoms with Crippen LogP contribution in [0.25, 0.3) is 0 Å². The van der Waals surface area contributed by atoms with Gasteiger partial charge in [-0.3, -0.25) is 4.79 Å². The lowest BCUT2D eigenvalue weighted by Crippen LogP contribution is -2.31. The van der Waals surface area contributed by atoms with Crippen molar-refractivity contribution in [3.05, 3.63) is 12.2 Å². The quantitative estimate of drug-likeness (QED) is 0.290. The summed E-state index contributed by atoms with van der Waals surface area (Å²) in [6.07, 6.45) is 8.77. The summed E-state index contributed by atoms with van der Waals surface area (Å²) >= 11 is 0. The molecule has 9 heteroatoms. The van der Waals surface area contributed by atoms with Crippen molar-refractivity contribution < 1.29 is 38.4 Å². The Labute approximate surface area is 172 Å². The van der Waals surface area contributed by atoms with Crippen LogP contribution in [0.3, 0.4) is 0 Å². The fraction of sp³-hybridized carbons (Fsp3) is 0.800. The number of hydrogen-bond donors (Lipinski definition) is 2. The highest BCUT2D eigenvalue weighted by Gasteiger charge is 2.14. The third-order valence-corrected chi connectivity index (χ3v) is 4.08. The monoisotopic (exact) mass is 417 g/mol. The van der Waals surface area contributed by atoms with Crippen molar-refractivity contribution in [3.63, 3.8) is 0 Å². The molecular weight excluding hydrogens is 382 g/mol. The predicted octanol–water partition coefficient (Wildman–Crippen LogP) is 2.14. The number of ether oxygens (including phenoxy) is 5. The van der Waals surface area contributed by atoms with E-state index in [-0.39, 0.29) is 25.2 Å². The summed E-state index contributed by atoms with van der Waals surface area (Å²) < 4.78 is 26.6. The molecule has 0 spiro atoms. The highest BCUT2D eigenvalue weighted by Crippen LogP contribution is 2.15. The number of amides is 1. The minimum Gasteiger partial charge on any atom is -0.481 e. The molecule has 1 amide bonds. The molecule has 1 aliphatic rings. The molecule has 1 atom stereocenters. The van der Waals surface area contributed by atoms with Gasteiger partial charge in [-0.25, -0.2) is 4.79 Å². The first kappa shape index (κ1) is 25.4. The number of alkyl carbamates (subject to hydrolysis) is 1. The summed E-state index contributed by atoms with van der Waals surface area (Å²) in [5, 5.41) is 11.1. The molecule has 168 valence electrons. The van der Waals surface area contributed by atoms with Crippen molar-refractivity contribution in [3.8, 4) is 0 Å². The van der Waals surface area contributed by atoms with Gasteiger partial charge in [-0.1, -0.05) is 12.2 Å². The van der Waals surface area contributed by atoms with Crippen LogP contribution < -0.4 is 5.32 Å². The lowest BCUT2D eigenvalue weighted by molar-refractivity contribution is -0.138. The first-order valence-corrected chi connectivity index (χ1v) is 10.3. The third kappa shape index (κ3) is 16.9. The van der Waals surface area contributed by atoms with Gasteiger partial charge in [-0.05, 0) is 32.1 Å². The van der Waals surface area contributed by atoms with Gasteiger partial charge in [0.05, 0.1) is 59.3 Å². The lowest BCUT2D eigenvalue weighted by atomic mass is 10.0. The SMILES string of the molecule is O=C(O)CCOCCOCCOCCOCCNC(=O)OC1CC/C=C\CCC1. The van der Waals surface area contributed by atoms with E-state index >= 15 is 0 Å². The standard InChI is InChI=1S/C20H35NO8/c22-19(23)8-10-25-12-14-27-16-17-28-15-13-26-11-9-21-20(24)29-18-6-4-2-1-3-5-7-18/h1-2,18H,3-17H2,(H,21,24)(H,22,23)/b2-1-. The van der Waals surface area contributed by atoms with Gasteiger partial charge in [0, 0.05) is 6.54 Å². The summed E-state index contributed by atoms with van der Waals surface area (Å²) in [6.45, 7) is 3.51. The van der Waals surface area contributed by atoms with Crippen LogP contribution >= 0.6 is 0 Å². The molecule has 2 N–H and O–H groups in total. The first-order valence-electron chi connectivity index (χ1n) is 10.3. The molecule has 0 heterocycles. The first-order chi connectivity index (χ1) is 14.2. The van der Waals surface area contributed by atoms with Crippen LogP contribution in [0.4, 0.5) is 4.79 Å². The summed E-state index contributed by atoms with van der Waals surface area (Å²) in [5.41, 5.74) is 0. The van der Waals surface area contributed by atoms with E-state index in [1.54, 1.807) is 0 Å². The number of aliphatic carboxylic acids is 1. The number of nitrogens with one attached hydrogen (secondary N) is 1. The maximum atomic E-state index is 11.8. The van der Waals surface area contributed by atoms with Gasteiger partial charge >= 0.3 is 12.1 Å². The summed E-state index contributed by atoms with van der Waals surface area (Å²) in [4.78, 5) is 22.1. The van der Waals surface area contributed by atoms with Gasteiger partial charge in [0.2, 0.25) is 0 Å². The zero-order chi connectivity index (χ0) is 21.0. The molecule has 29 heavy (non-hydrogen) atoms. The maximum absolute atomic E-state index is 11.8. The van der Waals surface area contributed by atoms with E-state index in [2.05, 4.69) is 17.5 Å². The summed E-state index contributed by atoms with van der Waals surface area (Å²) in [7, 11) is 0. The number of rotatable bonds is 16. The van der Waals surface area contributed by atoms with E-state index < -0.39 is 5.97 Å². The molecule has 0 radical (unpaired) electrons. The fourth-order valence-electron chi connectivity index (χ4n) is 2.58. The minimum absolute atomic E-state index is 0.00184. The number of allylic oxidation sites excluding steroid dienone is 2. The van der Waals surface area contributed by atoms with Gasteiger partial charge in [0.25, 0.3) is 0 Å². The predicted molar refractivity (Wildman–Crippen MR) is 106 cm³/mol. The summed E-state index contributed by atoms with van der Waals surface area (Å²) in [5.74, 6) is -0.875. The number of hydrogen-bond acceptors (Lipinski definition) is 7. The van der Waals surface area contributed by atoms with Crippen molar-refractivity contribution in [2.45, 2.75) is 44.6 Å². The number of carboxylic acids is 1. The maximum Gasteiger partial charge on any atom is 0.407 e. The Morgan fingerprint density at radius 3 is 2.07 bits per heavy atom. The molecule has 1 rings (SSSR count). The molecular formula is C20H35NO8. The molecule has 0 aromatic heterocycles. The van der Waals surface area contributed by atoms with E-state index in [0.29, 0.717) is 52.8 Å². The molecule has 9 nitrogen and oxygen atoms in total. The average Bonchev–Trinajstić information content (AvgIpc) is 2.66. The van der Waals surface area contributed by atoms with Crippen molar-refractivity contribution in [2.24, 2.45) is 0 Å². The Hall–Kier alpha value is -1.68. The van der Waals surface area contributed by atoms with Gasteiger partial charge in [-0.15, -0.1) is 0 Å². The normalized spacial score (nSPS) is 17.9. The van der Waals surface area contributed by atoms with Gasteiger partial charge in [0.15, 0.2) is 0 Å². The molecule has 0 aliphatic heterocycles. The molecule has 1 aliphatic carbocycles. The van der Waals surface area contributed by atoms with Crippen LogP contribution in [0.5, 0.6) is 0 Å². The van der Waals surface area contributed by atoms with Crippen LogP contribution in [0.15, 0.2) is 12.2 Å². The highest BCUT2D eigenvalue weighted by molar-refractivity contribution is 5.67. The fourth-order valence-corrected chi connectivity index (χ4v) is 2.58. The smallest absolute Gasteiger partial charge is 0.407 e. The topological polar surface area (TPSA) is 113 Å². The molecule has 0 aromatic carbocycles. The highest BCUT2D eigenvalue weighted by atomic mass is 16.6. The second kappa shape index (κ2) is 18.4. The van der Waals surface area contributed by atoms with Crippen molar-refractivity contribution in [2.75, 3.05) is 59.4 Å². The van der Waals surface area contributed by atoms with Crippen molar-refractivity contribution in [1.82, 2.24) is 5.32 Å². The van der Waals surface area contributed by atoms with Crippen LogP contribution in [-0.2, 0) is 28.5 Å². The average molecular weight is 417 g/mol. The zero-order valence-electron chi connectivity index (χ0n) is 17.1. The Morgan fingerprint density at radius 1 is 0.828 bits per heavy atom. The second-order valence-corrected chi connectivity index (χ2v) is 6.53. The third-order valence-electron chi connectivity index (χ3n) is 4.08. The molecule has 0 fully saturated rings. The van der Waals surface area contributed by atoms with E-state index in [9.17, 15) is 9.59 Å². The van der Waals surface area contributed by atoms with Crippen LogP contribution in [0.1, 0.15) is 38.5 Å². The number of carbonyl (C=O) groups excluding carboxylic acids is 1. The van der Waals surface area contributed by atoms with Gasteiger partial charge < -0.3 is 34.1 Å². The number of carboxylic acid groups (broad SMARTS) is 1. The second-order valence-electron chi connectivity index (χ2n) is 6.53. The van der Waals surface area contributed by atoms with Gasteiger partial charge in [-0.2, -0.15) is 0 Å². The van der Waals surface area contributed by atoms with E-state index in [1.807, 2.05) is 0 Å². The molecule has 1 unspecified atom stereocenters. The van der Waals surface area contributed by atoms with Gasteiger partial charge in [0.1, 0.15) is 6.10 Å². The Kier molecular flexibility index (Phi) is 16.0. The Balaban J connectivity index is 1.80. The van der Waals surface area contributed by atoms with E-state index in [1.165, 1.54) is 0 Å². The van der Waals surface area contributed by atoms with Crippen LogP contribution in [0.2, 0.25) is 0 Å². The Bertz CT molecular complexity index is 458. The van der Waals surface area contributed by atoms with E-state index in [0.717, 1.165) is 32.1 Å².